The number of rotatable bonds is 2. The molecule has 0 amide bonds. The standard InChI is InChI=1S/C16H21F2N/c17-13-6-7-15(18)14(9-13)12-8-16(19-10-12)11-4-2-1-3-5-11/h6-7,9,11-12,16,19H,1-5,8,10H2. The second-order valence-corrected chi connectivity index (χ2v) is 6.01. The van der Waals surface area contributed by atoms with Crippen LogP contribution in [0.15, 0.2) is 18.2 Å². The summed E-state index contributed by atoms with van der Waals surface area (Å²) in [5.74, 6) is 0.257. The van der Waals surface area contributed by atoms with Crippen LogP contribution in [0.4, 0.5) is 8.78 Å². The van der Waals surface area contributed by atoms with E-state index in [-0.39, 0.29) is 17.6 Å². The molecule has 3 rings (SSSR count). The molecule has 1 N–H and O–H groups in total. The Hall–Kier alpha value is -0.960. The van der Waals surface area contributed by atoms with Gasteiger partial charge in [-0.2, -0.15) is 0 Å². The van der Waals surface area contributed by atoms with Gasteiger partial charge >= 0.3 is 0 Å². The van der Waals surface area contributed by atoms with Crippen molar-refractivity contribution in [2.75, 3.05) is 6.54 Å². The van der Waals surface area contributed by atoms with Crippen molar-refractivity contribution in [2.24, 2.45) is 5.92 Å². The van der Waals surface area contributed by atoms with Crippen LogP contribution in [0.2, 0.25) is 0 Å². The van der Waals surface area contributed by atoms with Gasteiger partial charge in [-0.15, -0.1) is 0 Å². The van der Waals surface area contributed by atoms with Gasteiger partial charge in [0.05, 0.1) is 0 Å². The second kappa shape index (κ2) is 5.58. The van der Waals surface area contributed by atoms with E-state index in [9.17, 15) is 8.78 Å². The molecule has 1 aromatic rings. The van der Waals surface area contributed by atoms with E-state index in [1.165, 1.54) is 50.3 Å². The summed E-state index contributed by atoms with van der Waals surface area (Å²) in [7, 11) is 0. The Morgan fingerprint density at radius 1 is 1.05 bits per heavy atom. The third-order valence-electron chi connectivity index (χ3n) is 4.78. The first kappa shape index (κ1) is 13.0. The SMILES string of the molecule is Fc1ccc(F)c(C2CNC(C3CCCCC3)C2)c1. The molecule has 1 saturated heterocycles. The maximum Gasteiger partial charge on any atom is 0.126 e. The summed E-state index contributed by atoms with van der Waals surface area (Å²) < 4.78 is 27.1. The molecule has 2 unspecified atom stereocenters. The van der Waals surface area contributed by atoms with Crippen LogP contribution in [0.5, 0.6) is 0 Å². The highest BCUT2D eigenvalue weighted by Gasteiger charge is 2.32. The van der Waals surface area contributed by atoms with Gasteiger partial charge in [-0.25, -0.2) is 8.78 Å². The van der Waals surface area contributed by atoms with E-state index in [2.05, 4.69) is 5.32 Å². The van der Waals surface area contributed by atoms with Crippen LogP contribution in [-0.2, 0) is 0 Å². The maximum atomic E-state index is 13.8. The molecule has 2 atom stereocenters. The molecule has 2 aliphatic rings. The zero-order valence-corrected chi connectivity index (χ0v) is 11.2. The molecule has 1 nitrogen and oxygen atoms in total. The predicted molar refractivity (Wildman–Crippen MR) is 72.1 cm³/mol. The van der Waals surface area contributed by atoms with Gasteiger partial charge in [0.1, 0.15) is 11.6 Å². The molecule has 1 saturated carbocycles. The summed E-state index contributed by atoms with van der Waals surface area (Å²) in [4.78, 5) is 0. The summed E-state index contributed by atoms with van der Waals surface area (Å²) in [5, 5.41) is 3.53. The van der Waals surface area contributed by atoms with Crippen LogP contribution >= 0.6 is 0 Å². The van der Waals surface area contributed by atoms with Crippen molar-refractivity contribution in [1.82, 2.24) is 5.32 Å². The van der Waals surface area contributed by atoms with Gasteiger partial charge in [0.25, 0.3) is 0 Å². The normalized spacial score (nSPS) is 28.7. The third kappa shape index (κ3) is 2.81. The molecule has 1 aliphatic carbocycles. The van der Waals surface area contributed by atoms with Crippen molar-refractivity contribution in [3.8, 4) is 0 Å². The summed E-state index contributed by atoms with van der Waals surface area (Å²) in [5.41, 5.74) is 0.547. The summed E-state index contributed by atoms with van der Waals surface area (Å²) in [6.07, 6.45) is 7.52. The zero-order valence-electron chi connectivity index (χ0n) is 11.2. The molecule has 1 heterocycles. The average Bonchev–Trinajstić information content (AvgIpc) is 2.92. The van der Waals surface area contributed by atoms with E-state index in [0.29, 0.717) is 11.6 Å². The minimum absolute atomic E-state index is 0.127. The fraction of sp³-hybridized carbons (Fsp3) is 0.625. The molecule has 1 aliphatic heterocycles. The Kier molecular flexibility index (Phi) is 3.83. The van der Waals surface area contributed by atoms with Gasteiger partial charge in [-0.05, 0) is 48.9 Å². The van der Waals surface area contributed by atoms with E-state index < -0.39 is 0 Å². The Morgan fingerprint density at radius 3 is 2.63 bits per heavy atom. The molecule has 0 aromatic heterocycles. The topological polar surface area (TPSA) is 12.0 Å². The van der Waals surface area contributed by atoms with Crippen molar-refractivity contribution < 1.29 is 8.78 Å². The fourth-order valence-corrected chi connectivity index (χ4v) is 3.73. The first-order valence-electron chi connectivity index (χ1n) is 7.42. The van der Waals surface area contributed by atoms with Crippen LogP contribution in [0, 0.1) is 17.6 Å². The molecule has 104 valence electrons. The number of benzene rings is 1. The predicted octanol–water partition coefficient (Wildman–Crippen LogP) is 3.99. The highest BCUT2D eigenvalue weighted by molar-refractivity contribution is 5.24. The van der Waals surface area contributed by atoms with Crippen LogP contribution in [0.3, 0.4) is 0 Å². The van der Waals surface area contributed by atoms with E-state index in [1.807, 2.05) is 0 Å². The lowest BCUT2D eigenvalue weighted by molar-refractivity contribution is 0.286. The minimum Gasteiger partial charge on any atom is -0.313 e. The molecule has 0 bridgehead atoms. The Morgan fingerprint density at radius 2 is 1.84 bits per heavy atom. The van der Waals surface area contributed by atoms with Crippen molar-refractivity contribution in [3.05, 3.63) is 35.4 Å². The van der Waals surface area contributed by atoms with E-state index in [1.54, 1.807) is 0 Å². The van der Waals surface area contributed by atoms with Gasteiger partial charge in [0.2, 0.25) is 0 Å². The van der Waals surface area contributed by atoms with Gasteiger partial charge in [0.15, 0.2) is 0 Å². The maximum absolute atomic E-state index is 13.8. The number of hydrogen-bond donors (Lipinski definition) is 1. The summed E-state index contributed by atoms with van der Waals surface area (Å²) >= 11 is 0. The van der Waals surface area contributed by atoms with Crippen molar-refractivity contribution >= 4 is 0 Å². The molecule has 0 radical (unpaired) electrons. The lowest BCUT2D eigenvalue weighted by Crippen LogP contribution is -2.31. The zero-order chi connectivity index (χ0) is 13.2. The molecular weight excluding hydrogens is 244 g/mol. The van der Waals surface area contributed by atoms with E-state index >= 15 is 0 Å². The van der Waals surface area contributed by atoms with Crippen molar-refractivity contribution in [1.29, 1.82) is 0 Å². The molecule has 0 spiro atoms. The molecule has 1 aromatic carbocycles. The lowest BCUT2D eigenvalue weighted by atomic mass is 9.81. The Balaban J connectivity index is 1.69. The van der Waals surface area contributed by atoms with Crippen LogP contribution in [0.1, 0.15) is 50.0 Å². The number of nitrogens with one attached hydrogen (secondary N) is 1. The first-order chi connectivity index (χ1) is 9.24. The van der Waals surface area contributed by atoms with Crippen LogP contribution in [0.25, 0.3) is 0 Å². The van der Waals surface area contributed by atoms with E-state index in [0.717, 1.165) is 18.9 Å². The second-order valence-electron chi connectivity index (χ2n) is 6.01. The van der Waals surface area contributed by atoms with Gasteiger partial charge in [-0.3, -0.25) is 0 Å². The third-order valence-corrected chi connectivity index (χ3v) is 4.78. The molecular formula is C16H21F2N. The lowest BCUT2D eigenvalue weighted by Gasteiger charge is -2.27. The average molecular weight is 265 g/mol. The largest absolute Gasteiger partial charge is 0.313 e. The summed E-state index contributed by atoms with van der Waals surface area (Å²) in [6, 6.07) is 4.30. The molecule has 2 fully saturated rings. The molecule has 3 heteroatoms. The smallest absolute Gasteiger partial charge is 0.126 e. The van der Waals surface area contributed by atoms with Crippen molar-refractivity contribution in [3.63, 3.8) is 0 Å². The number of hydrogen-bond acceptors (Lipinski definition) is 1. The van der Waals surface area contributed by atoms with Gasteiger partial charge in [-0.1, -0.05) is 19.3 Å². The Bertz CT molecular complexity index is 440. The first-order valence-corrected chi connectivity index (χ1v) is 7.42. The van der Waals surface area contributed by atoms with Gasteiger partial charge in [0, 0.05) is 18.5 Å². The highest BCUT2D eigenvalue weighted by atomic mass is 19.1. The summed E-state index contributed by atoms with van der Waals surface area (Å²) in [6.45, 7) is 0.779. The fourth-order valence-electron chi connectivity index (χ4n) is 3.73. The van der Waals surface area contributed by atoms with Crippen LogP contribution in [-0.4, -0.2) is 12.6 Å². The van der Waals surface area contributed by atoms with E-state index in [4.69, 9.17) is 0 Å². The highest BCUT2D eigenvalue weighted by Crippen LogP contribution is 2.35. The van der Waals surface area contributed by atoms with Crippen molar-refractivity contribution in [2.45, 2.75) is 50.5 Å². The van der Waals surface area contributed by atoms with Crippen LogP contribution < -0.4 is 5.32 Å². The minimum atomic E-state index is -0.336. The van der Waals surface area contributed by atoms with Gasteiger partial charge < -0.3 is 5.32 Å². The Labute approximate surface area is 113 Å². The number of halogens is 2. The quantitative estimate of drug-likeness (QED) is 0.852. The monoisotopic (exact) mass is 265 g/mol. The molecule has 19 heavy (non-hydrogen) atoms.